The minimum absolute atomic E-state index is 0.0134. The largest absolute Gasteiger partial charge is 0.497 e. The van der Waals surface area contributed by atoms with Crippen molar-refractivity contribution in [2.24, 2.45) is 0 Å². The molecule has 0 atom stereocenters. The smallest absolute Gasteiger partial charge is 0.264 e. The first-order valence-corrected chi connectivity index (χ1v) is 11.7. The van der Waals surface area contributed by atoms with Gasteiger partial charge in [-0.2, -0.15) is 4.98 Å². The van der Waals surface area contributed by atoms with Gasteiger partial charge in [-0.05, 0) is 54.6 Å². The molecule has 0 aliphatic heterocycles. The first kappa shape index (κ1) is 23.0. The number of para-hydroxylation sites is 1. The Kier molecular flexibility index (Phi) is 6.33. The Hall–Kier alpha value is -4.18. The second-order valence-corrected chi connectivity index (χ2v) is 9.30. The van der Waals surface area contributed by atoms with Crippen LogP contribution < -0.4 is 14.4 Å². The highest BCUT2D eigenvalue weighted by Crippen LogP contribution is 2.27. The van der Waals surface area contributed by atoms with E-state index in [4.69, 9.17) is 9.26 Å². The number of ether oxygens (including phenoxy) is 1. The normalized spacial score (nSPS) is 11.1. The SMILES string of the molecule is COc1ccc(N(C)S(=O)(=O)c2cccc(C(=O)Nc3ccccc3-c3noc(C)n3)c2)cc1. The fourth-order valence-corrected chi connectivity index (χ4v) is 4.52. The van der Waals surface area contributed by atoms with Crippen molar-refractivity contribution in [3.8, 4) is 17.1 Å². The van der Waals surface area contributed by atoms with Gasteiger partial charge in [0.1, 0.15) is 5.75 Å². The molecule has 1 heterocycles. The highest BCUT2D eigenvalue weighted by atomic mass is 32.2. The van der Waals surface area contributed by atoms with E-state index in [1.165, 1.54) is 32.4 Å². The summed E-state index contributed by atoms with van der Waals surface area (Å²) < 4.78 is 37.7. The molecular weight excluding hydrogens is 456 g/mol. The van der Waals surface area contributed by atoms with Gasteiger partial charge in [0, 0.05) is 25.1 Å². The summed E-state index contributed by atoms with van der Waals surface area (Å²) in [6.07, 6.45) is 0. The number of nitrogens with zero attached hydrogens (tertiary/aromatic N) is 3. The van der Waals surface area contributed by atoms with Gasteiger partial charge < -0.3 is 14.6 Å². The van der Waals surface area contributed by atoms with Gasteiger partial charge in [0.05, 0.1) is 23.4 Å². The number of carbonyl (C=O) groups excluding carboxylic acids is 1. The van der Waals surface area contributed by atoms with Crippen LogP contribution >= 0.6 is 0 Å². The number of amides is 1. The molecular formula is C24H22N4O5S. The summed E-state index contributed by atoms with van der Waals surface area (Å²) >= 11 is 0. The summed E-state index contributed by atoms with van der Waals surface area (Å²) in [5, 5.41) is 6.71. The molecule has 3 aromatic carbocycles. The lowest BCUT2D eigenvalue weighted by atomic mass is 10.1. The number of nitrogens with one attached hydrogen (secondary N) is 1. The van der Waals surface area contributed by atoms with Crippen LogP contribution in [0.1, 0.15) is 16.2 Å². The van der Waals surface area contributed by atoms with Crippen LogP contribution in [-0.4, -0.2) is 38.6 Å². The first-order chi connectivity index (χ1) is 16.3. The van der Waals surface area contributed by atoms with Crippen LogP contribution in [0.3, 0.4) is 0 Å². The van der Waals surface area contributed by atoms with Crippen LogP contribution in [0.15, 0.2) is 82.2 Å². The van der Waals surface area contributed by atoms with Gasteiger partial charge in [0.25, 0.3) is 15.9 Å². The number of hydrogen-bond donors (Lipinski definition) is 1. The second kappa shape index (κ2) is 9.36. The summed E-state index contributed by atoms with van der Waals surface area (Å²) in [6.45, 7) is 1.67. The first-order valence-electron chi connectivity index (χ1n) is 10.2. The van der Waals surface area contributed by atoms with Crippen molar-refractivity contribution in [1.29, 1.82) is 0 Å². The molecule has 10 heteroatoms. The molecule has 4 aromatic rings. The van der Waals surface area contributed by atoms with E-state index in [9.17, 15) is 13.2 Å². The van der Waals surface area contributed by atoms with Crippen molar-refractivity contribution in [3.63, 3.8) is 0 Å². The van der Waals surface area contributed by atoms with E-state index in [0.717, 1.165) is 4.31 Å². The van der Waals surface area contributed by atoms with Crippen LogP contribution in [0.5, 0.6) is 5.75 Å². The van der Waals surface area contributed by atoms with E-state index in [2.05, 4.69) is 15.5 Å². The van der Waals surface area contributed by atoms with Crippen LogP contribution in [0, 0.1) is 6.92 Å². The molecule has 0 fully saturated rings. The number of aryl methyl sites for hydroxylation is 1. The summed E-state index contributed by atoms with van der Waals surface area (Å²) in [4.78, 5) is 17.2. The zero-order valence-corrected chi connectivity index (χ0v) is 19.5. The van der Waals surface area contributed by atoms with Gasteiger partial charge in [-0.15, -0.1) is 0 Å². The molecule has 0 saturated heterocycles. The van der Waals surface area contributed by atoms with Crippen molar-refractivity contribution < 1.29 is 22.5 Å². The second-order valence-electron chi connectivity index (χ2n) is 7.34. The third-order valence-corrected chi connectivity index (χ3v) is 6.92. The molecule has 34 heavy (non-hydrogen) atoms. The Morgan fingerprint density at radius 3 is 2.44 bits per heavy atom. The van der Waals surface area contributed by atoms with Gasteiger partial charge in [-0.3, -0.25) is 9.10 Å². The Labute approximate surface area is 197 Å². The van der Waals surface area contributed by atoms with Crippen molar-refractivity contribution >= 4 is 27.3 Å². The molecule has 9 nitrogen and oxygen atoms in total. The average Bonchev–Trinajstić information content (AvgIpc) is 3.30. The summed E-state index contributed by atoms with van der Waals surface area (Å²) in [5.74, 6) is 0.877. The number of aromatic nitrogens is 2. The Balaban J connectivity index is 1.60. The topological polar surface area (TPSA) is 115 Å². The average molecular weight is 479 g/mol. The maximum Gasteiger partial charge on any atom is 0.264 e. The van der Waals surface area contributed by atoms with Crippen LogP contribution in [0.4, 0.5) is 11.4 Å². The van der Waals surface area contributed by atoms with Gasteiger partial charge in [0.15, 0.2) is 0 Å². The lowest BCUT2D eigenvalue weighted by Crippen LogP contribution is -2.26. The predicted molar refractivity (Wildman–Crippen MR) is 127 cm³/mol. The molecule has 0 radical (unpaired) electrons. The summed E-state index contributed by atoms with van der Waals surface area (Å²) in [6, 6.07) is 19.5. The Bertz CT molecular complexity index is 1430. The summed E-state index contributed by atoms with van der Waals surface area (Å²) in [7, 11) is -0.922. The molecule has 0 spiro atoms. The van der Waals surface area contributed by atoms with E-state index >= 15 is 0 Å². The summed E-state index contributed by atoms with van der Waals surface area (Å²) in [5.41, 5.74) is 1.69. The van der Waals surface area contributed by atoms with Gasteiger partial charge >= 0.3 is 0 Å². The molecule has 0 bridgehead atoms. The van der Waals surface area contributed by atoms with E-state index in [0.29, 0.717) is 34.4 Å². The van der Waals surface area contributed by atoms with E-state index in [-0.39, 0.29) is 10.5 Å². The number of benzene rings is 3. The minimum atomic E-state index is -3.91. The number of hydrogen-bond acceptors (Lipinski definition) is 7. The minimum Gasteiger partial charge on any atom is -0.497 e. The maximum absolute atomic E-state index is 13.2. The molecule has 4 rings (SSSR count). The molecule has 0 aliphatic carbocycles. The lowest BCUT2D eigenvalue weighted by Gasteiger charge is -2.20. The van der Waals surface area contributed by atoms with Crippen molar-refractivity contribution in [2.45, 2.75) is 11.8 Å². The Morgan fingerprint density at radius 2 is 1.76 bits per heavy atom. The fraction of sp³-hybridized carbons (Fsp3) is 0.125. The lowest BCUT2D eigenvalue weighted by molar-refractivity contribution is 0.102. The van der Waals surface area contributed by atoms with Gasteiger partial charge in [-0.25, -0.2) is 8.42 Å². The standard InChI is InChI=1S/C24H22N4O5S/c1-16-25-23(27-33-16)21-9-4-5-10-22(21)26-24(29)17-7-6-8-20(15-17)34(30,31)28(2)18-11-13-19(32-3)14-12-18/h4-15H,1-3H3,(H,26,29). The predicted octanol–water partition coefficient (Wildman–Crippen LogP) is 4.13. The van der Waals surface area contributed by atoms with E-state index < -0.39 is 15.9 Å². The molecule has 1 amide bonds. The molecule has 1 aromatic heterocycles. The Morgan fingerprint density at radius 1 is 1.03 bits per heavy atom. The van der Waals surface area contributed by atoms with Gasteiger partial charge in [-0.1, -0.05) is 23.4 Å². The molecule has 0 saturated carbocycles. The third kappa shape index (κ3) is 4.62. The number of methoxy groups -OCH3 is 1. The maximum atomic E-state index is 13.2. The van der Waals surface area contributed by atoms with Crippen molar-refractivity contribution in [2.75, 3.05) is 23.8 Å². The van der Waals surface area contributed by atoms with Crippen LogP contribution in [0.25, 0.3) is 11.4 Å². The number of carbonyl (C=O) groups is 1. The quantitative estimate of drug-likeness (QED) is 0.425. The molecule has 0 aliphatic rings. The van der Waals surface area contributed by atoms with Crippen molar-refractivity contribution in [3.05, 3.63) is 84.3 Å². The van der Waals surface area contributed by atoms with E-state index in [1.54, 1.807) is 61.5 Å². The highest BCUT2D eigenvalue weighted by Gasteiger charge is 2.23. The monoisotopic (exact) mass is 478 g/mol. The van der Waals surface area contributed by atoms with Crippen LogP contribution in [0.2, 0.25) is 0 Å². The number of anilines is 2. The van der Waals surface area contributed by atoms with Crippen molar-refractivity contribution in [1.82, 2.24) is 10.1 Å². The molecule has 174 valence electrons. The number of sulfonamides is 1. The molecule has 0 unspecified atom stereocenters. The molecule has 1 N–H and O–H groups in total. The number of rotatable bonds is 7. The third-order valence-electron chi connectivity index (χ3n) is 5.13. The van der Waals surface area contributed by atoms with E-state index in [1.807, 2.05) is 0 Å². The zero-order valence-electron chi connectivity index (χ0n) is 18.7. The fourth-order valence-electron chi connectivity index (χ4n) is 3.28. The van der Waals surface area contributed by atoms with Gasteiger partial charge in [0.2, 0.25) is 11.7 Å². The highest BCUT2D eigenvalue weighted by molar-refractivity contribution is 7.92. The van der Waals surface area contributed by atoms with Crippen LogP contribution in [-0.2, 0) is 10.0 Å². The zero-order chi connectivity index (χ0) is 24.3.